The van der Waals surface area contributed by atoms with Gasteiger partial charge in [-0.1, -0.05) is 46.5 Å². The van der Waals surface area contributed by atoms with Crippen LogP contribution < -0.4 is 0 Å². The zero-order valence-corrected chi connectivity index (χ0v) is 11.2. The Hall–Kier alpha value is -0.660. The maximum absolute atomic E-state index is 10.2. The normalized spacial score (nSPS) is 11.2. The van der Waals surface area contributed by atoms with Gasteiger partial charge in [-0.05, 0) is 19.3 Å². The summed E-state index contributed by atoms with van der Waals surface area (Å²) in [5.41, 5.74) is 0. The Labute approximate surface area is 101 Å². The molecule has 0 bridgehead atoms. The lowest BCUT2D eigenvalue weighted by atomic mass is 10.0. The van der Waals surface area contributed by atoms with Crippen LogP contribution in [0.1, 0.15) is 72.1 Å². The Morgan fingerprint density at radius 2 is 1.56 bits per heavy atom. The fraction of sp³-hybridized carbons (Fsp3) is 0.857. The minimum absolute atomic E-state index is 0.324. The van der Waals surface area contributed by atoms with Crippen LogP contribution in [0, 0.1) is 5.92 Å². The van der Waals surface area contributed by atoms with Gasteiger partial charge < -0.3 is 9.59 Å². The van der Waals surface area contributed by atoms with Crippen molar-refractivity contribution >= 4 is 12.6 Å². The van der Waals surface area contributed by atoms with Crippen molar-refractivity contribution < 1.29 is 9.59 Å². The Kier molecular flexibility index (Phi) is 18.6. The highest BCUT2D eigenvalue weighted by Gasteiger charge is 2.01. The molecule has 0 radical (unpaired) electrons. The molecule has 0 spiro atoms. The smallest absolute Gasteiger partial charge is 0.123 e. The van der Waals surface area contributed by atoms with Crippen molar-refractivity contribution in [1.29, 1.82) is 0 Å². The van der Waals surface area contributed by atoms with E-state index in [2.05, 4.69) is 20.8 Å². The van der Waals surface area contributed by atoms with Gasteiger partial charge in [0.05, 0.1) is 0 Å². The van der Waals surface area contributed by atoms with E-state index in [4.69, 9.17) is 0 Å². The molecule has 2 nitrogen and oxygen atoms in total. The number of hydrogen-bond acceptors (Lipinski definition) is 2. The lowest BCUT2D eigenvalue weighted by Crippen LogP contribution is -1.98. The van der Waals surface area contributed by atoms with Gasteiger partial charge in [-0.3, -0.25) is 0 Å². The largest absolute Gasteiger partial charge is 0.303 e. The van der Waals surface area contributed by atoms with Crippen LogP contribution in [0.3, 0.4) is 0 Å². The molecule has 0 aromatic rings. The quantitative estimate of drug-likeness (QED) is 0.438. The Bertz CT molecular complexity index is 144. The molecule has 0 aromatic carbocycles. The van der Waals surface area contributed by atoms with Crippen molar-refractivity contribution in [1.82, 2.24) is 0 Å². The number of unbranched alkanes of at least 4 members (excludes halogenated alkanes) is 4. The summed E-state index contributed by atoms with van der Waals surface area (Å²) in [7, 11) is 0. The summed E-state index contributed by atoms with van der Waals surface area (Å²) in [4.78, 5) is 19.9. The molecule has 0 aliphatic heterocycles. The van der Waals surface area contributed by atoms with Crippen LogP contribution in [0.5, 0.6) is 0 Å². The van der Waals surface area contributed by atoms with E-state index in [0.717, 1.165) is 38.3 Å². The van der Waals surface area contributed by atoms with Crippen molar-refractivity contribution in [2.45, 2.75) is 72.1 Å². The third-order valence-electron chi connectivity index (χ3n) is 2.57. The Morgan fingerprint density at radius 1 is 0.938 bits per heavy atom. The minimum atomic E-state index is 0.324. The molecule has 1 unspecified atom stereocenters. The molecule has 0 heterocycles. The first-order chi connectivity index (χ1) is 7.76. The fourth-order valence-electron chi connectivity index (χ4n) is 1.31. The third-order valence-corrected chi connectivity index (χ3v) is 2.57. The monoisotopic (exact) mass is 228 g/mol. The van der Waals surface area contributed by atoms with Crippen molar-refractivity contribution in [3.8, 4) is 0 Å². The molecule has 0 fully saturated rings. The number of carbonyl (C=O) groups excluding carboxylic acids is 2. The predicted octanol–water partition coefficient (Wildman–Crippen LogP) is 4.17. The van der Waals surface area contributed by atoms with Crippen LogP contribution in [-0.4, -0.2) is 12.6 Å². The van der Waals surface area contributed by atoms with Gasteiger partial charge in [-0.2, -0.15) is 0 Å². The summed E-state index contributed by atoms with van der Waals surface area (Å²) in [5.74, 6) is 0.324. The highest BCUT2D eigenvalue weighted by Crippen LogP contribution is 2.08. The third kappa shape index (κ3) is 15.8. The maximum Gasteiger partial charge on any atom is 0.123 e. The summed E-state index contributed by atoms with van der Waals surface area (Å²) >= 11 is 0. The average molecular weight is 228 g/mol. The number of hydrogen-bond donors (Lipinski definition) is 0. The van der Waals surface area contributed by atoms with E-state index in [1.165, 1.54) is 25.7 Å². The summed E-state index contributed by atoms with van der Waals surface area (Å²) in [6.45, 7) is 6.34. The highest BCUT2D eigenvalue weighted by atomic mass is 16.1. The lowest BCUT2D eigenvalue weighted by Gasteiger charge is -2.03. The minimum Gasteiger partial charge on any atom is -0.303 e. The van der Waals surface area contributed by atoms with Gasteiger partial charge >= 0.3 is 0 Å². The number of rotatable bonds is 9. The topological polar surface area (TPSA) is 34.1 Å². The van der Waals surface area contributed by atoms with Crippen LogP contribution in [-0.2, 0) is 9.59 Å². The van der Waals surface area contributed by atoms with E-state index in [1.807, 2.05) is 0 Å². The molecule has 96 valence electrons. The molecule has 0 saturated carbocycles. The highest BCUT2D eigenvalue weighted by molar-refractivity contribution is 5.53. The van der Waals surface area contributed by atoms with E-state index >= 15 is 0 Å². The molecule has 16 heavy (non-hydrogen) atoms. The summed E-state index contributed by atoms with van der Waals surface area (Å²) < 4.78 is 0. The van der Waals surface area contributed by atoms with Crippen LogP contribution in [0.4, 0.5) is 0 Å². The second-order valence-corrected chi connectivity index (χ2v) is 4.11. The van der Waals surface area contributed by atoms with Crippen molar-refractivity contribution in [3.05, 3.63) is 0 Å². The van der Waals surface area contributed by atoms with Crippen molar-refractivity contribution in [2.24, 2.45) is 5.92 Å². The first-order valence-electron chi connectivity index (χ1n) is 6.65. The van der Waals surface area contributed by atoms with E-state index in [0.29, 0.717) is 5.92 Å². The van der Waals surface area contributed by atoms with Crippen LogP contribution in [0.15, 0.2) is 0 Å². The Morgan fingerprint density at radius 3 is 1.94 bits per heavy atom. The number of aldehydes is 2. The zero-order chi connectivity index (χ0) is 12.6. The molecule has 0 aliphatic carbocycles. The molecular formula is C14H28O2. The average Bonchev–Trinajstić information content (AvgIpc) is 2.32. The predicted molar refractivity (Wildman–Crippen MR) is 69.6 cm³/mol. The van der Waals surface area contributed by atoms with Gasteiger partial charge in [0, 0.05) is 12.3 Å². The van der Waals surface area contributed by atoms with E-state index in [-0.39, 0.29) is 0 Å². The summed E-state index contributed by atoms with van der Waals surface area (Å²) in [6, 6.07) is 0. The van der Waals surface area contributed by atoms with Gasteiger partial charge in [0.1, 0.15) is 12.6 Å². The van der Waals surface area contributed by atoms with Gasteiger partial charge in [0.25, 0.3) is 0 Å². The first kappa shape index (κ1) is 17.7. The molecule has 1 atom stereocenters. The van der Waals surface area contributed by atoms with E-state index in [1.54, 1.807) is 0 Å². The summed E-state index contributed by atoms with van der Waals surface area (Å²) in [5, 5.41) is 0. The number of carbonyl (C=O) groups is 2. The van der Waals surface area contributed by atoms with Crippen LogP contribution in [0.2, 0.25) is 0 Å². The van der Waals surface area contributed by atoms with E-state index < -0.39 is 0 Å². The van der Waals surface area contributed by atoms with Gasteiger partial charge in [0.2, 0.25) is 0 Å². The van der Waals surface area contributed by atoms with Crippen LogP contribution in [0.25, 0.3) is 0 Å². The fourth-order valence-corrected chi connectivity index (χ4v) is 1.31. The molecule has 0 aliphatic rings. The second kappa shape index (κ2) is 16.8. The van der Waals surface area contributed by atoms with Gasteiger partial charge in [-0.25, -0.2) is 0 Å². The maximum atomic E-state index is 10.2. The summed E-state index contributed by atoms with van der Waals surface area (Å²) in [6.07, 6.45) is 10.7. The van der Waals surface area contributed by atoms with Crippen molar-refractivity contribution in [3.63, 3.8) is 0 Å². The molecule has 0 saturated heterocycles. The molecule has 0 rings (SSSR count). The lowest BCUT2D eigenvalue weighted by molar-refractivity contribution is -0.111. The molecule has 0 amide bonds. The van der Waals surface area contributed by atoms with Crippen molar-refractivity contribution in [2.75, 3.05) is 0 Å². The standard InChI is InChI=1S/C8H16O.C6H12O/c1-3-5-6-8(4-2)7-9;1-2-3-4-5-6-7/h7-8H,3-6H2,1-2H3;6H,2-5H2,1H3. The van der Waals surface area contributed by atoms with Crippen LogP contribution >= 0.6 is 0 Å². The molecule has 0 aromatic heterocycles. The van der Waals surface area contributed by atoms with Gasteiger partial charge in [-0.15, -0.1) is 0 Å². The molecule has 2 heteroatoms. The second-order valence-electron chi connectivity index (χ2n) is 4.11. The SMILES string of the molecule is CCCCC(C=O)CC.CCCCCC=O. The molecular weight excluding hydrogens is 200 g/mol. The molecule has 0 N–H and O–H groups in total. The van der Waals surface area contributed by atoms with Gasteiger partial charge in [0.15, 0.2) is 0 Å². The van der Waals surface area contributed by atoms with E-state index in [9.17, 15) is 9.59 Å². The first-order valence-corrected chi connectivity index (χ1v) is 6.65. The Balaban J connectivity index is 0. The zero-order valence-electron chi connectivity index (χ0n) is 11.2.